The topological polar surface area (TPSA) is 61.4 Å². The highest BCUT2D eigenvalue weighted by Crippen LogP contribution is 2.37. The van der Waals surface area contributed by atoms with Gasteiger partial charge in [-0.2, -0.15) is 0 Å². The lowest BCUT2D eigenvalue weighted by molar-refractivity contribution is 0.00200. The molecule has 0 aliphatic carbocycles. The molecule has 0 fully saturated rings. The van der Waals surface area contributed by atoms with Crippen LogP contribution in [0.25, 0.3) is 21.7 Å². The van der Waals surface area contributed by atoms with Crippen molar-refractivity contribution in [3.05, 3.63) is 50.6 Å². The average molecular weight is 497 g/mol. The first-order chi connectivity index (χ1) is 16.5. The Morgan fingerprint density at radius 2 is 1.97 bits per heavy atom. The van der Waals surface area contributed by atoms with E-state index >= 15 is 0 Å². The standard InChI is InChI=1S/C26H32N4O2S2/c1-5-6-7-8-13-33-26-28-27-25-29(18-11-9-17(4)10-12-18)23(31)22-19-14-20(16(2)3)32-15-21(19)34-24(22)30(25)26/h9-12,16,20H,5-8,13-15H2,1-4H3. The summed E-state index contributed by atoms with van der Waals surface area (Å²) in [7, 11) is 0. The SMILES string of the molecule is CCCCCCSc1nnc2n(-c3ccc(C)cc3)c(=O)c3c4c(sc3n12)COC(C(C)C)C4. The summed E-state index contributed by atoms with van der Waals surface area (Å²) in [6.07, 6.45) is 5.75. The van der Waals surface area contributed by atoms with E-state index in [1.165, 1.54) is 19.3 Å². The number of hydrogen-bond donors (Lipinski definition) is 0. The molecule has 0 N–H and O–H groups in total. The Balaban J connectivity index is 1.70. The van der Waals surface area contributed by atoms with Crippen molar-refractivity contribution >= 4 is 39.1 Å². The molecule has 0 bridgehead atoms. The summed E-state index contributed by atoms with van der Waals surface area (Å²) in [5.41, 5.74) is 3.11. The van der Waals surface area contributed by atoms with Gasteiger partial charge in [0.05, 0.1) is 23.8 Å². The van der Waals surface area contributed by atoms with Gasteiger partial charge in [-0.1, -0.05) is 69.5 Å². The third-order valence-electron chi connectivity index (χ3n) is 6.61. The smallest absolute Gasteiger partial charge is 0.268 e. The predicted molar refractivity (Wildman–Crippen MR) is 141 cm³/mol. The minimum atomic E-state index is -0.0137. The normalized spacial score (nSPS) is 16.1. The fraction of sp³-hybridized carbons (Fsp3) is 0.500. The number of ether oxygens (including phenoxy) is 1. The summed E-state index contributed by atoms with van der Waals surface area (Å²) in [5.74, 6) is 1.97. The van der Waals surface area contributed by atoms with Crippen molar-refractivity contribution in [3.63, 3.8) is 0 Å². The quantitative estimate of drug-likeness (QED) is 0.216. The number of unbranched alkanes of at least 4 members (excludes halogenated alkanes) is 3. The summed E-state index contributed by atoms with van der Waals surface area (Å²) in [5, 5.41) is 10.7. The molecule has 1 aliphatic heterocycles. The highest BCUT2D eigenvalue weighted by molar-refractivity contribution is 7.99. The van der Waals surface area contributed by atoms with Crippen LogP contribution in [0.4, 0.5) is 0 Å². The maximum absolute atomic E-state index is 14.0. The molecule has 5 rings (SSSR count). The molecule has 6 nitrogen and oxygen atoms in total. The van der Waals surface area contributed by atoms with Crippen molar-refractivity contribution in [1.29, 1.82) is 0 Å². The molecule has 1 aromatic carbocycles. The minimum absolute atomic E-state index is 0.0137. The maximum atomic E-state index is 14.0. The minimum Gasteiger partial charge on any atom is -0.372 e. The number of benzene rings is 1. The Bertz CT molecular complexity index is 1370. The second kappa shape index (κ2) is 9.84. The van der Waals surface area contributed by atoms with Gasteiger partial charge in [-0.05, 0) is 37.0 Å². The van der Waals surface area contributed by atoms with Gasteiger partial charge in [0.1, 0.15) is 4.83 Å². The lowest BCUT2D eigenvalue weighted by Gasteiger charge is -2.26. The lowest BCUT2D eigenvalue weighted by atomic mass is 9.96. The summed E-state index contributed by atoms with van der Waals surface area (Å²) in [6, 6.07) is 8.06. The van der Waals surface area contributed by atoms with Gasteiger partial charge >= 0.3 is 0 Å². The number of aryl methyl sites for hydroxylation is 1. The van der Waals surface area contributed by atoms with E-state index in [9.17, 15) is 4.79 Å². The molecule has 1 unspecified atom stereocenters. The first-order valence-electron chi connectivity index (χ1n) is 12.3. The predicted octanol–water partition coefficient (Wildman–Crippen LogP) is 6.17. The number of aromatic nitrogens is 4. The lowest BCUT2D eigenvalue weighted by Crippen LogP contribution is -2.28. The highest BCUT2D eigenvalue weighted by atomic mass is 32.2. The zero-order valence-corrected chi connectivity index (χ0v) is 22.0. The van der Waals surface area contributed by atoms with Crippen LogP contribution in [0, 0.1) is 12.8 Å². The number of nitrogens with zero attached hydrogens (tertiary/aromatic N) is 4. The van der Waals surface area contributed by atoms with E-state index in [2.05, 4.69) is 42.3 Å². The molecule has 34 heavy (non-hydrogen) atoms. The summed E-state index contributed by atoms with van der Waals surface area (Å²) in [6.45, 7) is 9.20. The van der Waals surface area contributed by atoms with Crippen molar-refractivity contribution < 1.29 is 4.74 Å². The second-order valence-corrected chi connectivity index (χ2v) is 11.6. The molecule has 0 saturated carbocycles. The molecule has 4 heterocycles. The largest absolute Gasteiger partial charge is 0.372 e. The van der Waals surface area contributed by atoms with Crippen molar-refractivity contribution in [2.24, 2.45) is 5.92 Å². The second-order valence-electron chi connectivity index (χ2n) is 9.48. The van der Waals surface area contributed by atoms with Gasteiger partial charge in [0.2, 0.25) is 5.78 Å². The van der Waals surface area contributed by atoms with E-state index < -0.39 is 0 Å². The average Bonchev–Trinajstić information content (AvgIpc) is 3.41. The van der Waals surface area contributed by atoms with Gasteiger partial charge in [-0.3, -0.25) is 4.79 Å². The molecule has 8 heteroatoms. The van der Waals surface area contributed by atoms with Crippen LogP contribution in [0.1, 0.15) is 62.5 Å². The van der Waals surface area contributed by atoms with Crippen LogP contribution in [0.5, 0.6) is 0 Å². The van der Waals surface area contributed by atoms with Crippen LogP contribution in [-0.4, -0.2) is 31.0 Å². The zero-order valence-electron chi connectivity index (χ0n) is 20.3. The highest BCUT2D eigenvalue weighted by Gasteiger charge is 2.30. The van der Waals surface area contributed by atoms with Crippen LogP contribution in [0.2, 0.25) is 0 Å². The van der Waals surface area contributed by atoms with Gasteiger partial charge in [-0.25, -0.2) is 8.97 Å². The molecule has 0 radical (unpaired) electrons. The van der Waals surface area contributed by atoms with Crippen molar-refractivity contribution in [1.82, 2.24) is 19.2 Å². The molecule has 0 amide bonds. The molecule has 1 atom stereocenters. The fourth-order valence-corrected chi connectivity index (χ4v) is 6.81. The molecule has 3 aromatic heterocycles. The van der Waals surface area contributed by atoms with Gasteiger partial charge in [-0.15, -0.1) is 21.5 Å². The Hall–Kier alpha value is -2.16. The van der Waals surface area contributed by atoms with Crippen LogP contribution >= 0.6 is 23.1 Å². The number of thioether (sulfide) groups is 1. The van der Waals surface area contributed by atoms with Crippen LogP contribution in [0.15, 0.2) is 34.2 Å². The van der Waals surface area contributed by atoms with Gasteiger partial charge < -0.3 is 4.74 Å². The first kappa shape index (κ1) is 23.6. The summed E-state index contributed by atoms with van der Waals surface area (Å²) >= 11 is 3.40. The fourth-order valence-electron chi connectivity index (χ4n) is 4.58. The Morgan fingerprint density at radius 3 is 2.71 bits per heavy atom. The molecule has 0 spiro atoms. The van der Waals surface area contributed by atoms with E-state index in [0.29, 0.717) is 18.3 Å². The van der Waals surface area contributed by atoms with E-state index in [1.807, 2.05) is 24.3 Å². The number of thiophene rings is 1. The molecule has 1 aliphatic rings. The van der Waals surface area contributed by atoms with Crippen molar-refractivity contribution in [2.75, 3.05) is 5.75 Å². The Kier molecular flexibility index (Phi) is 6.82. The van der Waals surface area contributed by atoms with Gasteiger partial charge in [0.15, 0.2) is 5.16 Å². The molecular formula is C26H32N4O2S2. The Morgan fingerprint density at radius 1 is 1.18 bits per heavy atom. The maximum Gasteiger partial charge on any atom is 0.268 e. The van der Waals surface area contributed by atoms with Gasteiger partial charge in [0.25, 0.3) is 5.56 Å². The van der Waals surface area contributed by atoms with E-state index in [0.717, 1.165) is 55.7 Å². The molecule has 4 aromatic rings. The number of rotatable bonds is 8. The van der Waals surface area contributed by atoms with Crippen LogP contribution < -0.4 is 5.56 Å². The Labute approximate surface area is 208 Å². The molecule has 180 valence electrons. The molecular weight excluding hydrogens is 464 g/mol. The number of hydrogen-bond acceptors (Lipinski definition) is 6. The third-order valence-corrected chi connectivity index (χ3v) is 8.81. The van der Waals surface area contributed by atoms with Crippen LogP contribution in [-0.2, 0) is 17.8 Å². The zero-order chi connectivity index (χ0) is 23.8. The monoisotopic (exact) mass is 496 g/mol. The number of fused-ring (bicyclic) bond motifs is 5. The first-order valence-corrected chi connectivity index (χ1v) is 14.1. The summed E-state index contributed by atoms with van der Waals surface area (Å²) in [4.78, 5) is 16.1. The third kappa shape index (κ3) is 4.20. The van der Waals surface area contributed by atoms with Crippen molar-refractivity contribution in [2.45, 2.75) is 77.7 Å². The van der Waals surface area contributed by atoms with Crippen LogP contribution in [0.3, 0.4) is 0 Å². The van der Waals surface area contributed by atoms with E-state index in [1.54, 1.807) is 27.7 Å². The summed E-state index contributed by atoms with van der Waals surface area (Å²) < 4.78 is 9.99. The molecule has 0 saturated heterocycles. The van der Waals surface area contributed by atoms with Gasteiger partial charge in [0, 0.05) is 17.1 Å². The van der Waals surface area contributed by atoms with Crippen molar-refractivity contribution in [3.8, 4) is 5.69 Å². The van der Waals surface area contributed by atoms with E-state index in [4.69, 9.17) is 4.74 Å². The van der Waals surface area contributed by atoms with E-state index in [-0.39, 0.29) is 11.7 Å².